The average Bonchev–Trinajstić information content (AvgIpc) is 2.38. The fourth-order valence-corrected chi connectivity index (χ4v) is 1.87. The van der Waals surface area contributed by atoms with E-state index < -0.39 is 0 Å². The van der Waals surface area contributed by atoms with E-state index in [1.165, 1.54) is 0 Å². The van der Waals surface area contributed by atoms with Gasteiger partial charge in [0.15, 0.2) is 0 Å². The molecule has 0 saturated heterocycles. The summed E-state index contributed by atoms with van der Waals surface area (Å²) in [6.45, 7) is 4.57. The lowest BCUT2D eigenvalue weighted by molar-refractivity contribution is -0.122. The van der Waals surface area contributed by atoms with Gasteiger partial charge in [0.1, 0.15) is 0 Å². The fourth-order valence-electron chi connectivity index (χ4n) is 1.87. The highest BCUT2D eigenvalue weighted by Crippen LogP contribution is 2.08. The van der Waals surface area contributed by atoms with E-state index in [-0.39, 0.29) is 17.9 Å². The van der Waals surface area contributed by atoms with E-state index in [0.29, 0.717) is 25.9 Å². The molecule has 0 spiro atoms. The largest absolute Gasteiger partial charge is 0.355 e. The first-order valence-electron chi connectivity index (χ1n) is 6.85. The van der Waals surface area contributed by atoms with Gasteiger partial charge in [0.05, 0.1) is 6.42 Å². The van der Waals surface area contributed by atoms with Crippen molar-refractivity contribution in [1.82, 2.24) is 10.6 Å². The van der Waals surface area contributed by atoms with Gasteiger partial charge in [0, 0.05) is 25.6 Å². The summed E-state index contributed by atoms with van der Waals surface area (Å²) in [6.07, 6.45) is 0.585. The molecule has 1 rings (SSSR count). The normalized spacial score (nSPS) is 10.4. The van der Waals surface area contributed by atoms with Crippen LogP contribution in [0.3, 0.4) is 0 Å². The molecular formula is C15H23N3O2. The fraction of sp³-hybridized carbons (Fsp3) is 0.467. The van der Waals surface area contributed by atoms with Crippen LogP contribution in [0, 0.1) is 0 Å². The van der Waals surface area contributed by atoms with Gasteiger partial charge in [-0.3, -0.25) is 9.59 Å². The highest BCUT2D eigenvalue weighted by Gasteiger charge is 2.08. The van der Waals surface area contributed by atoms with Crippen LogP contribution in [0.4, 0.5) is 0 Å². The Labute approximate surface area is 119 Å². The van der Waals surface area contributed by atoms with Crippen LogP contribution in [0.2, 0.25) is 0 Å². The molecule has 0 aliphatic heterocycles. The Kier molecular flexibility index (Phi) is 6.73. The maximum absolute atomic E-state index is 11.8. The van der Waals surface area contributed by atoms with Gasteiger partial charge in [-0.05, 0) is 25.0 Å². The van der Waals surface area contributed by atoms with E-state index in [1.54, 1.807) is 0 Å². The van der Waals surface area contributed by atoms with Gasteiger partial charge in [-0.2, -0.15) is 0 Å². The molecule has 0 aliphatic carbocycles. The van der Waals surface area contributed by atoms with Crippen molar-refractivity contribution in [2.45, 2.75) is 39.3 Å². The summed E-state index contributed by atoms with van der Waals surface area (Å²) in [5.41, 5.74) is 7.53. The van der Waals surface area contributed by atoms with Crippen LogP contribution >= 0.6 is 0 Å². The van der Waals surface area contributed by atoms with Crippen LogP contribution in [0.5, 0.6) is 0 Å². The number of hydrogen-bond acceptors (Lipinski definition) is 3. The first-order valence-corrected chi connectivity index (χ1v) is 6.85. The van der Waals surface area contributed by atoms with Crippen molar-refractivity contribution in [3.05, 3.63) is 35.4 Å². The van der Waals surface area contributed by atoms with Crippen molar-refractivity contribution >= 4 is 11.8 Å². The Bertz CT molecular complexity index is 458. The third kappa shape index (κ3) is 5.84. The molecule has 1 aromatic carbocycles. The molecule has 5 heteroatoms. The van der Waals surface area contributed by atoms with Gasteiger partial charge in [-0.1, -0.05) is 24.3 Å². The van der Waals surface area contributed by atoms with E-state index in [2.05, 4.69) is 10.6 Å². The minimum absolute atomic E-state index is 0.0531. The van der Waals surface area contributed by atoms with E-state index in [0.717, 1.165) is 11.1 Å². The predicted molar refractivity (Wildman–Crippen MR) is 78.9 cm³/mol. The van der Waals surface area contributed by atoms with Crippen molar-refractivity contribution < 1.29 is 9.59 Å². The number of benzene rings is 1. The zero-order valence-electron chi connectivity index (χ0n) is 12.1. The summed E-state index contributed by atoms with van der Waals surface area (Å²) in [7, 11) is 0. The third-order valence-electron chi connectivity index (χ3n) is 2.81. The summed E-state index contributed by atoms with van der Waals surface area (Å²) < 4.78 is 0. The maximum Gasteiger partial charge on any atom is 0.224 e. The number of hydrogen-bond donors (Lipinski definition) is 3. The maximum atomic E-state index is 11.8. The Morgan fingerprint density at radius 3 is 2.40 bits per heavy atom. The number of rotatable bonds is 7. The van der Waals surface area contributed by atoms with Crippen LogP contribution in [0.15, 0.2) is 24.3 Å². The van der Waals surface area contributed by atoms with Gasteiger partial charge in [0.25, 0.3) is 0 Å². The summed E-state index contributed by atoms with van der Waals surface area (Å²) in [4.78, 5) is 23.2. The minimum Gasteiger partial charge on any atom is -0.355 e. The standard InChI is InChI=1S/C15H23N3O2/c1-11(2)18-14(19)7-8-17-15(20)9-12-5-3-4-6-13(12)10-16/h3-6,11H,7-10,16H2,1-2H3,(H,17,20)(H,18,19). The Balaban J connectivity index is 2.35. The van der Waals surface area contributed by atoms with Crippen molar-refractivity contribution in [3.63, 3.8) is 0 Å². The van der Waals surface area contributed by atoms with Crippen LogP contribution < -0.4 is 16.4 Å². The molecule has 110 valence electrons. The van der Waals surface area contributed by atoms with E-state index in [1.807, 2.05) is 38.1 Å². The molecule has 0 radical (unpaired) electrons. The smallest absolute Gasteiger partial charge is 0.224 e. The monoisotopic (exact) mass is 277 g/mol. The molecule has 5 nitrogen and oxygen atoms in total. The second-order valence-electron chi connectivity index (χ2n) is 4.97. The zero-order valence-corrected chi connectivity index (χ0v) is 12.1. The molecule has 20 heavy (non-hydrogen) atoms. The van der Waals surface area contributed by atoms with Crippen LogP contribution in [-0.4, -0.2) is 24.4 Å². The molecule has 0 fully saturated rings. The molecule has 2 amide bonds. The van der Waals surface area contributed by atoms with E-state index in [4.69, 9.17) is 5.73 Å². The van der Waals surface area contributed by atoms with Crippen molar-refractivity contribution in [3.8, 4) is 0 Å². The number of amides is 2. The molecule has 0 aliphatic rings. The summed E-state index contributed by atoms with van der Waals surface area (Å²) >= 11 is 0. The lowest BCUT2D eigenvalue weighted by atomic mass is 10.0. The summed E-state index contributed by atoms with van der Waals surface area (Å²) in [6, 6.07) is 7.72. The first-order chi connectivity index (χ1) is 9.52. The minimum atomic E-state index is -0.0942. The Morgan fingerprint density at radius 2 is 1.80 bits per heavy atom. The second kappa shape index (κ2) is 8.32. The number of carbonyl (C=O) groups excluding carboxylic acids is 2. The summed E-state index contributed by atoms with van der Waals surface area (Å²) in [5.74, 6) is -0.147. The van der Waals surface area contributed by atoms with Crippen LogP contribution in [-0.2, 0) is 22.6 Å². The zero-order chi connectivity index (χ0) is 15.0. The van der Waals surface area contributed by atoms with Crippen molar-refractivity contribution in [2.75, 3.05) is 6.54 Å². The molecule has 0 heterocycles. The lowest BCUT2D eigenvalue weighted by Crippen LogP contribution is -2.34. The van der Waals surface area contributed by atoms with E-state index in [9.17, 15) is 9.59 Å². The molecule has 4 N–H and O–H groups in total. The molecular weight excluding hydrogens is 254 g/mol. The number of carbonyl (C=O) groups is 2. The second-order valence-corrected chi connectivity index (χ2v) is 4.97. The number of nitrogens with two attached hydrogens (primary N) is 1. The number of nitrogens with one attached hydrogen (secondary N) is 2. The average molecular weight is 277 g/mol. The molecule has 0 bridgehead atoms. The van der Waals surface area contributed by atoms with Gasteiger partial charge in [-0.15, -0.1) is 0 Å². The van der Waals surface area contributed by atoms with Crippen LogP contribution in [0.25, 0.3) is 0 Å². The predicted octanol–water partition coefficient (Wildman–Crippen LogP) is 0.719. The van der Waals surface area contributed by atoms with Gasteiger partial charge < -0.3 is 16.4 Å². The highest BCUT2D eigenvalue weighted by atomic mass is 16.2. The van der Waals surface area contributed by atoms with Gasteiger partial charge in [0.2, 0.25) is 11.8 Å². The topological polar surface area (TPSA) is 84.2 Å². The van der Waals surface area contributed by atoms with Crippen molar-refractivity contribution in [1.29, 1.82) is 0 Å². The third-order valence-corrected chi connectivity index (χ3v) is 2.81. The first kappa shape index (κ1) is 16.2. The molecule has 0 unspecified atom stereocenters. The quantitative estimate of drug-likeness (QED) is 0.686. The molecule has 0 atom stereocenters. The Morgan fingerprint density at radius 1 is 1.15 bits per heavy atom. The summed E-state index contributed by atoms with van der Waals surface area (Å²) in [5, 5.41) is 5.52. The van der Waals surface area contributed by atoms with Crippen molar-refractivity contribution in [2.24, 2.45) is 5.73 Å². The van der Waals surface area contributed by atoms with E-state index >= 15 is 0 Å². The Hall–Kier alpha value is -1.88. The molecule has 0 aromatic heterocycles. The van der Waals surface area contributed by atoms with Crippen LogP contribution in [0.1, 0.15) is 31.4 Å². The molecule has 1 aromatic rings. The van der Waals surface area contributed by atoms with Gasteiger partial charge in [-0.25, -0.2) is 0 Å². The lowest BCUT2D eigenvalue weighted by Gasteiger charge is -2.10. The highest BCUT2D eigenvalue weighted by molar-refractivity contribution is 5.80. The SMILES string of the molecule is CC(C)NC(=O)CCNC(=O)Cc1ccccc1CN. The van der Waals surface area contributed by atoms with Gasteiger partial charge >= 0.3 is 0 Å². The molecule has 0 saturated carbocycles.